The van der Waals surface area contributed by atoms with Crippen molar-refractivity contribution in [3.8, 4) is 0 Å². The Hall–Kier alpha value is -1.10. The number of anilines is 1. The van der Waals surface area contributed by atoms with Gasteiger partial charge in [-0.15, -0.1) is 0 Å². The summed E-state index contributed by atoms with van der Waals surface area (Å²) in [6, 6.07) is 7.09. The molecule has 1 aromatic carbocycles. The third-order valence-electron chi connectivity index (χ3n) is 2.61. The fraction of sp³-hybridized carbons (Fsp3) is 0.462. The first-order valence-corrected chi connectivity index (χ1v) is 6.23. The van der Waals surface area contributed by atoms with Crippen LogP contribution in [-0.2, 0) is 4.79 Å². The number of aliphatic hydroxyl groups excluding tert-OH is 1. The molecular formula is C13H19ClN2O2. The van der Waals surface area contributed by atoms with Gasteiger partial charge in [0, 0.05) is 12.1 Å². The summed E-state index contributed by atoms with van der Waals surface area (Å²) in [6.45, 7) is 4.14. The Labute approximate surface area is 112 Å². The molecule has 0 aromatic heterocycles. The van der Waals surface area contributed by atoms with Crippen LogP contribution in [0.4, 0.5) is 5.69 Å². The number of amides is 1. The predicted molar refractivity (Wildman–Crippen MR) is 73.9 cm³/mol. The molecule has 4 nitrogen and oxygen atoms in total. The molecule has 0 saturated heterocycles. The Balaban J connectivity index is 2.46. The van der Waals surface area contributed by atoms with Crippen molar-refractivity contribution in [2.45, 2.75) is 25.8 Å². The van der Waals surface area contributed by atoms with Crippen molar-refractivity contribution in [2.24, 2.45) is 0 Å². The lowest BCUT2D eigenvalue weighted by Gasteiger charge is -2.25. The molecule has 0 radical (unpaired) electrons. The van der Waals surface area contributed by atoms with E-state index in [-0.39, 0.29) is 24.6 Å². The smallest absolute Gasteiger partial charge is 0.238 e. The molecule has 0 aliphatic heterocycles. The minimum atomic E-state index is -0.271. The maximum atomic E-state index is 11.7. The van der Waals surface area contributed by atoms with Gasteiger partial charge in [-0.3, -0.25) is 4.79 Å². The molecule has 0 aliphatic carbocycles. The zero-order valence-electron chi connectivity index (χ0n) is 10.7. The van der Waals surface area contributed by atoms with Crippen LogP contribution in [0.3, 0.4) is 0 Å². The monoisotopic (exact) mass is 270 g/mol. The third kappa shape index (κ3) is 5.04. The lowest BCUT2D eigenvalue weighted by atomic mass is 10.0. The minimum Gasteiger partial charge on any atom is -0.396 e. The maximum Gasteiger partial charge on any atom is 0.238 e. The Morgan fingerprint density at radius 3 is 2.67 bits per heavy atom. The summed E-state index contributed by atoms with van der Waals surface area (Å²) in [7, 11) is 0. The van der Waals surface area contributed by atoms with Crippen molar-refractivity contribution in [1.29, 1.82) is 0 Å². The van der Waals surface area contributed by atoms with Gasteiger partial charge >= 0.3 is 0 Å². The Kier molecular flexibility index (Phi) is 5.59. The average molecular weight is 271 g/mol. The first kappa shape index (κ1) is 15.0. The molecular weight excluding hydrogens is 252 g/mol. The van der Waals surface area contributed by atoms with Gasteiger partial charge in [0.05, 0.1) is 17.3 Å². The summed E-state index contributed by atoms with van der Waals surface area (Å²) in [6.07, 6.45) is 0.590. The molecule has 0 spiro atoms. The molecule has 5 heteroatoms. The number of carbonyl (C=O) groups is 1. The average Bonchev–Trinajstić information content (AvgIpc) is 2.30. The van der Waals surface area contributed by atoms with Gasteiger partial charge in [0.2, 0.25) is 5.91 Å². The van der Waals surface area contributed by atoms with E-state index in [0.29, 0.717) is 17.1 Å². The number of benzene rings is 1. The normalized spacial score (nSPS) is 11.3. The van der Waals surface area contributed by atoms with Gasteiger partial charge in [-0.1, -0.05) is 23.7 Å². The largest absolute Gasteiger partial charge is 0.396 e. The van der Waals surface area contributed by atoms with Gasteiger partial charge < -0.3 is 15.7 Å². The van der Waals surface area contributed by atoms with E-state index in [1.165, 1.54) is 0 Å². The maximum absolute atomic E-state index is 11.7. The molecule has 0 bridgehead atoms. The van der Waals surface area contributed by atoms with Gasteiger partial charge in [-0.25, -0.2) is 0 Å². The first-order chi connectivity index (χ1) is 8.44. The zero-order valence-corrected chi connectivity index (χ0v) is 11.4. The zero-order chi connectivity index (χ0) is 13.6. The number of halogens is 1. The van der Waals surface area contributed by atoms with E-state index >= 15 is 0 Å². The predicted octanol–water partition coefficient (Wildman–Crippen LogP) is 2.03. The van der Waals surface area contributed by atoms with Gasteiger partial charge in [0.15, 0.2) is 0 Å². The molecule has 100 valence electrons. The van der Waals surface area contributed by atoms with Crippen LogP contribution in [0.25, 0.3) is 0 Å². The van der Waals surface area contributed by atoms with E-state index < -0.39 is 0 Å². The summed E-state index contributed by atoms with van der Waals surface area (Å²) in [5.41, 5.74) is 0.331. The SMILES string of the molecule is CC(C)(CCO)NCC(=O)Nc1ccccc1Cl. The van der Waals surface area contributed by atoms with Crippen LogP contribution in [0.5, 0.6) is 0 Å². The minimum absolute atomic E-state index is 0.0894. The summed E-state index contributed by atoms with van der Waals surface area (Å²) < 4.78 is 0. The van der Waals surface area contributed by atoms with E-state index in [1.54, 1.807) is 18.2 Å². The van der Waals surface area contributed by atoms with Crippen LogP contribution in [0.15, 0.2) is 24.3 Å². The number of rotatable bonds is 6. The van der Waals surface area contributed by atoms with Crippen LogP contribution >= 0.6 is 11.6 Å². The Morgan fingerprint density at radius 2 is 2.06 bits per heavy atom. The number of carbonyl (C=O) groups excluding carboxylic acids is 1. The van der Waals surface area contributed by atoms with Crippen LogP contribution in [0, 0.1) is 0 Å². The van der Waals surface area contributed by atoms with Crippen LogP contribution in [-0.4, -0.2) is 29.7 Å². The molecule has 18 heavy (non-hydrogen) atoms. The Morgan fingerprint density at radius 1 is 1.39 bits per heavy atom. The number of nitrogens with one attached hydrogen (secondary N) is 2. The van der Waals surface area contributed by atoms with Crippen LogP contribution in [0.1, 0.15) is 20.3 Å². The van der Waals surface area contributed by atoms with Gasteiger partial charge in [-0.2, -0.15) is 0 Å². The molecule has 3 N–H and O–H groups in total. The second-order valence-corrected chi connectivity index (χ2v) is 5.15. The second-order valence-electron chi connectivity index (χ2n) is 4.74. The van der Waals surface area contributed by atoms with Crippen molar-refractivity contribution in [3.63, 3.8) is 0 Å². The third-order valence-corrected chi connectivity index (χ3v) is 2.94. The van der Waals surface area contributed by atoms with Gasteiger partial charge in [-0.05, 0) is 32.4 Å². The summed E-state index contributed by atoms with van der Waals surface area (Å²) >= 11 is 5.94. The molecule has 0 atom stereocenters. The fourth-order valence-corrected chi connectivity index (χ4v) is 1.63. The number of hydrogen-bond acceptors (Lipinski definition) is 3. The highest BCUT2D eigenvalue weighted by molar-refractivity contribution is 6.33. The van der Waals surface area contributed by atoms with E-state index in [9.17, 15) is 4.79 Å². The molecule has 1 amide bonds. The Bertz CT molecular complexity index is 408. The van der Waals surface area contributed by atoms with Crippen LogP contribution < -0.4 is 10.6 Å². The standard InChI is InChI=1S/C13H19ClN2O2/c1-13(2,7-8-17)15-9-12(18)16-11-6-4-3-5-10(11)14/h3-6,15,17H,7-9H2,1-2H3,(H,16,18). The van der Waals surface area contributed by atoms with E-state index in [4.69, 9.17) is 16.7 Å². The van der Waals surface area contributed by atoms with Gasteiger partial charge in [0.25, 0.3) is 0 Å². The molecule has 0 fully saturated rings. The molecule has 0 saturated carbocycles. The lowest BCUT2D eigenvalue weighted by molar-refractivity contribution is -0.115. The quantitative estimate of drug-likeness (QED) is 0.741. The van der Waals surface area contributed by atoms with Crippen LogP contribution in [0.2, 0.25) is 5.02 Å². The number of para-hydroxylation sites is 1. The summed E-state index contributed by atoms with van der Waals surface area (Å²) in [4.78, 5) is 11.7. The molecule has 1 rings (SSSR count). The van der Waals surface area contributed by atoms with Gasteiger partial charge in [0.1, 0.15) is 0 Å². The first-order valence-electron chi connectivity index (χ1n) is 5.85. The number of aliphatic hydroxyl groups is 1. The summed E-state index contributed by atoms with van der Waals surface area (Å²) in [5.74, 6) is -0.158. The topological polar surface area (TPSA) is 61.4 Å². The van der Waals surface area contributed by atoms with E-state index in [2.05, 4.69) is 10.6 Å². The summed E-state index contributed by atoms with van der Waals surface area (Å²) in [5, 5.41) is 15.2. The van der Waals surface area contributed by atoms with E-state index in [1.807, 2.05) is 19.9 Å². The van der Waals surface area contributed by atoms with Crippen molar-refractivity contribution in [2.75, 3.05) is 18.5 Å². The second kappa shape index (κ2) is 6.73. The fourth-order valence-electron chi connectivity index (χ4n) is 1.44. The molecule has 0 aliphatic rings. The molecule has 1 aromatic rings. The lowest BCUT2D eigenvalue weighted by Crippen LogP contribution is -2.44. The van der Waals surface area contributed by atoms with Crippen molar-refractivity contribution >= 4 is 23.2 Å². The molecule has 0 heterocycles. The highest BCUT2D eigenvalue weighted by Gasteiger charge is 2.17. The van der Waals surface area contributed by atoms with Crippen molar-refractivity contribution < 1.29 is 9.90 Å². The van der Waals surface area contributed by atoms with Crippen molar-refractivity contribution in [1.82, 2.24) is 5.32 Å². The highest BCUT2D eigenvalue weighted by atomic mass is 35.5. The van der Waals surface area contributed by atoms with E-state index in [0.717, 1.165) is 0 Å². The van der Waals surface area contributed by atoms with Crippen molar-refractivity contribution in [3.05, 3.63) is 29.3 Å². The number of hydrogen-bond donors (Lipinski definition) is 3. The highest BCUT2D eigenvalue weighted by Crippen LogP contribution is 2.20. The molecule has 0 unspecified atom stereocenters.